The van der Waals surface area contributed by atoms with Crippen molar-refractivity contribution in [3.63, 3.8) is 0 Å². The van der Waals surface area contributed by atoms with Crippen molar-refractivity contribution >= 4 is 29.1 Å². The van der Waals surface area contributed by atoms with Crippen LogP contribution >= 0.6 is 23.1 Å². The van der Waals surface area contributed by atoms with Gasteiger partial charge in [0.05, 0.1) is 18.1 Å². The molecule has 0 radical (unpaired) electrons. The van der Waals surface area contributed by atoms with Gasteiger partial charge in [-0.25, -0.2) is 9.78 Å². The monoisotopic (exact) mass is 327 g/mol. The molecule has 2 rings (SSSR count). The number of carbonyl (C=O) groups is 1. The molecule has 0 spiro atoms. The molecule has 2 aromatic rings. The number of ether oxygens (including phenoxy) is 1. The Morgan fingerprint density at radius 2 is 2.19 bits per heavy atom. The molecule has 0 aliphatic heterocycles. The highest BCUT2D eigenvalue weighted by Gasteiger charge is 2.19. The minimum atomic E-state index is -0.596. The molecular formula is C13H17N3O3S2. The second-order valence-electron chi connectivity index (χ2n) is 5.26. The predicted octanol–water partition coefficient (Wildman–Crippen LogP) is 3.29. The van der Waals surface area contributed by atoms with E-state index in [1.165, 1.54) is 11.8 Å². The van der Waals surface area contributed by atoms with Crippen molar-refractivity contribution in [3.05, 3.63) is 22.0 Å². The minimum Gasteiger partial charge on any atom is -0.459 e. The predicted molar refractivity (Wildman–Crippen MR) is 80.6 cm³/mol. The van der Waals surface area contributed by atoms with Crippen molar-refractivity contribution in [2.24, 2.45) is 0 Å². The van der Waals surface area contributed by atoms with Crippen molar-refractivity contribution in [2.45, 2.75) is 44.1 Å². The fraction of sp³-hybridized carbons (Fsp3) is 0.538. The molecule has 0 unspecified atom stereocenters. The third-order valence-electron chi connectivity index (χ3n) is 2.50. The first-order valence-electron chi connectivity index (χ1n) is 6.48. The Bertz CT molecular complexity index is 616. The number of thiazole rings is 1. The Hall–Kier alpha value is -1.41. The molecule has 6 nitrogen and oxygen atoms in total. The van der Waals surface area contributed by atoms with E-state index in [2.05, 4.69) is 41.3 Å². The van der Waals surface area contributed by atoms with E-state index < -0.39 is 5.97 Å². The van der Waals surface area contributed by atoms with Crippen LogP contribution in [0.4, 0.5) is 0 Å². The molecule has 0 aromatic carbocycles. The normalized spacial score (nSPS) is 11.6. The zero-order valence-electron chi connectivity index (χ0n) is 12.4. The van der Waals surface area contributed by atoms with E-state index in [1.54, 1.807) is 18.3 Å². The van der Waals surface area contributed by atoms with Crippen molar-refractivity contribution < 1.29 is 13.9 Å². The number of thioether (sulfide) groups is 1. The van der Waals surface area contributed by atoms with E-state index in [9.17, 15) is 4.79 Å². The number of carbonyl (C=O) groups excluding carboxylic acids is 1. The molecule has 0 aliphatic carbocycles. The van der Waals surface area contributed by atoms with Gasteiger partial charge in [-0.15, -0.1) is 16.4 Å². The van der Waals surface area contributed by atoms with Crippen LogP contribution in [0.25, 0.3) is 0 Å². The lowest BCUT2D eigenvalue weighted by Crippen LogP contribution is -2.11. The van der Waals surface area contributed by atoms with Crippen LogP contribution in [0, 0.1) is 0 Å². The van der Waals surface area contributed by atoms with E-state index in [0.717, 1.165) is 10.7 Å². The summed E-state index contributed by atoms with van der Waals surface area (Å²) < 4.78 is 10.0. The molecule has 0 amide bonds. The van der Waals surface area contributed by atoms with Crippen LogP contribution in [0.15, 0.2) is 15.0 Å². The minimum absolute atomic E-state index is 0.0426. The van der Waals surface area contributed by atoms with Gasteiger partial charge in [0, 0.05) is 10.8 Å². The molecule has 0 atom stereocenters. The van der Waals surface area contributed by atoms with Crippen molar-refractivity contribution in [2.75, 3.05) is 6.61 Å². The Balaban J connectivity index is 1.94. The molecule has 0 bridgehead atoms. The van der Waals surface area contributed by atoms with Gasteiger partial charge in [0.2, 0.25) is 0 Å². The maximum Gasteiger partial charge on any atom is 0.396 e. The highest BCUT2D eigenvalue weighted by atomic mass is 32.2. The summed E-state index contributed by atoms with van der Waals surface area (Å²) in [6.07, 6.45) is 0. The van der Waals surface area contributed by atoms with Crippen molar-refractivity contribution in [1.82, 2.24) is 15.2 Å². The van der Waals surface area contributed by atoms with E-state index >= 15 is 0 Å². The van der Waals surface area contributed by atoms with Crippen LogP contribution in [-0.4, -0.2) is 27.8 Å². The average molecular weight is 327 g/mol. The second kappa shape index (κ2) is 6.57. The summed E-state index contributed by atoms with van der Waals surface area (Å²) in [5.74, 6) is -0.0828. The Morgan fingerprint density at radius 1 is 1.43 bits per heavy atom. The Morgan fingerprint density at radius 3 is 2.81 bits per heavy atom. The van der Waals surface area contributed by atoms with Gasteiger partial charge in [0.1, 0.15) is 5.01 Å². The Kier molecular flexibility index (Phi) is 5.00. The summed E-state index contributed by atoms with van der Waals surface area (Å²) in [6.45, 7) is 8.38. The van der Waals surface area contributed by atoms with Crippen molar-refractivity contribution in [3.8, 4) is 0 Å². The molecular weight excluding hydrogens is 310 g/mol. The van der Waals surface area contributed by atoms with Crippen LogP contribution in [0.2, 0.25) is 0 Å². The first-order valence-corrected chi connectivity index (χ1v) is 8.35. The lowest BCUT2D eigenvalue weighted by molar-refractivity contribution is 0.0475. The molecule has 0 N–H and O–H groups in total. The molecule has 114 valence electrons. The highest BCUT2D eigenvalue weighted by molar-refractivity contribution is 7.98. The number of nitrogens with zero attached hydrogens (tertiary/aromatic N) is 3. The average Bonchev–Trinajstić information content (AvgIpc) is 3.05. The smallest absolute Gasteiger partial charge is 0.396 e. The topological polar surface area (TPSA) is 78.1 Å². The number of rotatable bonds is 5. The van der Waals surface area contributed by atoms with E-state index in [0.29, 0.717) is 11.0 Å². The largest absolute Gasteiger partial charge is 0.459 e. The van der Waals surface area contributed by atoms with E-state index in [-0.39, 0.29) is 17.9 Å². The van der Waals surface area contributed by atoms with Crippen molar-refractivity contribution in [1.29, 1.82) is 0 Å². The summed E-state index contributed by atoms with van der Waals surface area (Å²) in [4.78, 5) is 16.0. The molecule has 0 aliphatic rings. The third kappa shape index (κ3) is 4.28. The van der Waals surface area contributed by atoms with E-state index in [4.69, 9.17) is 9.15 Å². The van der Waals surface area contributed by atoms with Gasteiger partial charge in [-0.1, -0.05) is 37.6 Å². The standard InChI is InChI=1S/C13H17N3O3S2/c1-5-18-11(17)10-15-16-12(19-10)21-7-9-14-8(6-20-9)13(2,3)4/h6H,5,7H2,1-4H3. The third-order valence-corrected chi connectivity index (χ3v) is 4.36. The molecule has 2 heterocycles. The first-order chi connectivity index (χ1) is 9.90. The fourth-order valence-corrected chi connectivity index (χ4v) is 3.19. The lowest BCUT2D eigenvalue weighted by atomic mass is 9.93. The van der Waals surface area contributed by atoms with Gasteiger partial charge >= 0.3 is 11.9 Å². The van der Waals surface area contributed by atoms with Gasteiger partial charge in [-0.05, 0) is 6.92 Å². The molecule has 8 heteroatoms. The number of aromatic nitrogens is 3. The highest BCUT2D eigenvalue weighted by Crippen LogP contribution is 2.28. The zero-order chi connectivity index (χ0) is 15.5. The lowest BCUT2D eigenvalue weighted by Gasteiger charge is -2.14. The summed E-state index contributed by atoms with van der Waals surface area (Å²) in [7, 11) is 0. The fourth-order valence-electron chi connectivity index (χ4n) is 1.39. The molecule has 0 saturated carbocycles. The van der Waals surface area contributed by atoms with Gasteiger partial charge in [-0.3, -0.25) is 0 Å². The quantitative estimate of drug-likeness (QED) is 0.616. The number of hydrogen-bond donors (Lipinski definition) is 0. The SMILES string of the molecule is CCOC(=O)c1nnc(SCc2nc(C(C)(C)C)cs2)o1. The molecule has 21 heavy (non-hydrogen) atoms. The second-order valence-corrected chi connectivity index (χ2v) is 7.13. The summed E-state index contributed by atoms with van der Waals surface area (Å²) in [5.41, 5.74) is 1.11. The van der Waals surface area contributed by atoms with Crippen LogP contribution in [0.3, 0.4) is 0 Å². The van der Waals surface area contributed by atoms with Gasteiger partial charge in [-0.2, -0.15) is 0 Å². The van der Waals surface area contributed by atoms with Crippen LogP contribution in [0.1, 0.15) is 49.1 Å². The molecule has 0 saturated heterocycles. The van der Waals surface area contributed by atoms with E-state index in [1.807, 2.05) is 0 Å². The summed E-state index contributed by atoms with van der Waals surface area (Å²) >= 11 is 2.96. The van der Waals surface area contributed by atoms with Crippen LogP contribution < -0.4 is 0 Å². The molecule has 0 fully saturated rings. The first kappa shape index (κ1) is 16.0. The van der Waals surface area contributed by atoms with Gasteiger partial charge < -0.3 is 9.15 Å². The van der Waals surface area contributed by atoms with Crippen LogP contribution in [-0.2, 0) is 15.9 Å². The summed E-state index contributed by atoms with van der Waals surface area (Å²) in [5, 5.41) is 10.9. The molecule has 2 aromatic heterocycles. The van der Waals surface area contributed by atoms with Crippen LogP contribution in [0.5, 0.6) is 0 Å². The number of esters is 1. The zero-order valence-corrected chi connectivity index (χ0v) is 14.0. The number of hydrogen-bond acceptors (Lipinski definition) is 8. The summed E-state index contributed by atoms with van der Waals surface area (Å²) in [6, 6.07) is 0. The van der Waals surface area contributed by atoms with Gasteiger partial charge in [0.15, 0.2) is 0 Å². The maximum absolute atomic E-state index is 11.4. The van der Waals surface area contributed by atoms with Gasteiger partial charge in [0.25, 0.3) is 5.22 Å². The maximum atomic E-state index is 11.4. The Labute approximate surface area is 131 Å².